The molecule has 1 amide bonds. The Morgan fingerprint density at radius 3 is 2.50 bits per heavy atom. The SMILES string of the molecule is CC(=O)c1ccccc1NC(=O)c1ccn(C)c(=O)c1. The lowest BCUT2D eigenvalue weighted by Crippen LogP contribution is -2.20. The van der Waals surface area contributed by atoms with E-state index in [0.29, 0.717) is 11.3 Å². The molecule has 5 heteroatoms. The Bertz CT molecular complexity index is 732. The number of aryl methyl sites for hydroxylation is 1. The molecule has 0 aliphatic rings. The van der Waals surface area contributed by atoms with Crippen molar-refractivity contribution < 1.29 is 9.59 Å². The molecule has 0 aliphatic heterocycles. The number of carbonyl (C=O) groups excluding carboxylic acids is 2. The number of ketones is 1. The highest BCUT2D eigenvalue weighted by molar-refractivity contribution is 6.08. The van der Waals surface area contributed by atoms with Crippen molar-refractivity contribution >= 4 is 17.4 Å². The molecule has 5 nitrogen and oxygen atoms in total. The molecule has 1 heterocycles. The highest BCUT2D eigenvalue weighted by atomic mass is 16.2. The Morgan fingerprint density at radius 1 is 1.15 bits per heavy atom. The predicted octanol–water partition coefficient (Wildman–Crippen LogP) is 1.84. The summed E-state index contributed by atoms with van der Waals surface area (Å²) < 4.78 is 1.38. The van der Waals surface area contributed by atoms with Crippen LogP contribution in [0.5, 0.6) is 0 Å². The Hall–Kier alpha value is -2.69. The number of para-hydroxylation sites is 1. The van der Waals surface area contributed by atoms with Crippen LogP contribution in [0, 0.1) is 0 Å². The first kappa shape index (κ1) is 13.7. The molecule has 0 saturated heterocycles. The summed E-state index contributed by atoms with van der Waals surface area (Å²) in [4.78, 5) is 35.1. The number of hydrogen-bond donors (Lipinski definition) is 1. The Labute approximate surface area is 115 Å². The maximum absolute atomic E-state index is 12.1. The topological polar surface area (TPSA) is 68.2 Å². The summed E-state index contributed by atoms with van der Waals surface area (Å²) in [5.41, 5.74) is 0.860. The average molecular weight is 270 g/mol. The van der Waals surface area contributed by atoms with E-state index < -0.39 is 5.91 Å². The number of aromatic nitrogens is 1. The summed E-state index contributed by atoms with van der Waals surface area (Å²) in [6.07, 6.45) is 1.52. The first-order chi connectivity index (χ1) is 9.49. The van der Waals surface area contributed by atoms with Gasteiger partial charge in [0.15, 0.2) is 5.78 Å². The van der Waals surface area contributed by atoms with Gasteiger partial charge in [-0.3, -0.25) is 14.4 Å². The van der Waals surface area contributed by atoms with Gasteiger partial charge in [0.25, 0.3) is 11.5 Å². The van der Waals surface area contributed by atoms with Gasteiger partial charge in [0.2, 0.25) is 0 Å². The summed E-state index contributed by atoms with van der Waals surface area (Å²) in [5, 5.41) is 2.65. The molecule has 0 radical (unpaired) electrons. The van der Waals surface area contributed by atoms with Crippen molar-refractivity contribution in [2.24, 2.45) is 7.05 Å². The van der Waals surface area contributed by atoms with E-state index in [-0.39, 0.29) is 16.9 Å². The predicted molar refractivity (Wildman–Crippen MR) is 76.1 cm³/mol. The van der Waals surface area contributed by atoms with Crippen LogP contribution < -0.4 is 10.9 Å². The van der Waals surface area contributed by atoms with Crippen molar-refractivity contribution in [3.8, 4) is 0 Å². The molecular weight excluding hydrogens is 256 g/mol. The standard InChI is InChI=1S/C15H14N2O3/c1-10(18)12-5-3-4-6-13(12)16-15(20)11-7-8-17(2)14(19)9-11/h3-9H,1-2H3,(H,16,20). The number of amides is 1. The number of nitrogens with zero attached hydrogens (tertiary/aromatic N) is 1. The van der Waals surface area contributed by atoms with E-state index in [4.69, 9.17) is 0 Å². The average Bonchev–Trinajstić information content (AvgIpc) is 2.42. The first-order valence-corrected chi connectivity index (χ1v) is 6.07. The summed E-state index contributed by atoms with van der Waals surface area (Å²) in [7, 11) is 1.61. The minimum absolute atomic E-state index is 0.134. The van der Waals surface area contributed by atoms with Crippen LogP contribution in [0.4, 0.5) is 5.69 Å². The Balaban J connectivity index is 2.30. The van der Waals surface area contributed by atoms with Gasteiger partial charge in [0.05, 0.1) is 5.69 Å². The highest BCUT2D eigenvalue weighted by Crippen LogP contribution is 2.16. The second-order valence-corrected chi connectivity index (χ2v) is 4.42. The molecule has 0 saturated carbocycles. The van der Waals surface area contributed by atoms with E-state index in [9.17, 15) is 14.4 Å². The molecule has 20 heavy (non-hydrogen) atoms. The van der Waals surface area contributed by atoms with Gasteiger partial charge in [-0.2, -0.15) is 0 Å². The van der Waals surface area contributed by atoms with Crippen molar-refractivity contribution in [3.05, 3.63) is 64.1 Å². The molecule has 0 fully saturated rings. The molecule has 0 spiro atoms. The summed E-state index contributed by atoms with van der Waals surface area (Å²) in [6.45, 7) is 1.43. The van der Waals surface area contributed by atoms with Crippen LogP contribution in [0.1, 0.15) is 27.6 Å². The largest absolute Gasteiger partial charge is 0.321 e. The normalized spacial score (nSPS) is 10.1. The second kappa shape index (κ2) is 5.52. The summed E-state index contributed by atoms with van der Waals surface area (Å²) in [6, 6.07) is 9.55. The molecule has 0 bridgehead atoms. The van der Waals surface area contributed by atoms with E-state index >= 15 is 0 Å². The minimum atomic E-state index is -0.420. The number of benzene rings is 1. The lowest BCUT2D eigenvalue weighted by Gasteiger charge is -2.09. The maximum atomic E-state index is 12.1. The molecule has 2 aromatic rings. The van der Waals surface area contributed by atoms with Crippen LogP contribution in [-0.2, 0) is 7.05 Å². The maximum Gasteiger partial charge on any atom is 0.255 e. The molecule has 0 atom stereocenters. The highest BCUT2D eigenvalue weighted by Gasteiger charge is 2.11. The molecule has 102 valence electrons. The molecule has 0 unspecified atom stereocenters. The van der Waals surface area contributed by atoms with Gasteiger partial charge in [-0.05, 0) is 25.1 Å². The van der Waals surface area contributed by atoms with Crippen LogP contribution in [0.25, 0.3) is 0 Å². The van der Waals surface area contributed by atoms with Gasteiger partial charge < -0.3 is 9.88 Å². The second-order valence-electron chi connectivity index (χ2n) is 4.42. The van der Waals surface area contributed by atoms with Crippen molar-refractivity contribution in [1.82, 2.24) is 4.57 Å². The smallest absolute Gasteiger partial charge is 0.255 e. The molecular formula is C15H14N2O3. The third kappa shape index (κ3) is 2.83. The number of rotatable bonds is 3. The van der Waals surface area contributed by atoms with E-state index in [0.717, 1.165) is 0 Å². The summed E-state index contributed by atoms with van der Waals surface area (Å²) >= 11 is 0. The first-order valence-electron chi connectivity index (χ1n) is 6.07. The fraction of sp³-hybridized carbons (Fsp3) is 0.133. The van der Waals surface area contributed by atoms with Crippen LogP contribution in [0.2, 0.25) is 0 Å². The summed E-state index contributed by atoms with van der Waals surface area (Å²) in [5.74, 6) is -0.554. The lowest BCUT2D eigenvalue weighted by atomic mass is 10.1. The van der Waals surface area contributed by atoms with Crippen LogP contribution in [0.15, 0.2) is 47.4 Å². The lowest BCUT2D eigenvalue weighted by molar-refractivity contribution is 0.101. The van der Waals surface area contributed by atoms with Gasteiger partial charge in [-0.15, -0.1) is 0 Å². The number of anilines is 1. The van der Waals surface area contributed by atoms with Gasteiger partial charge in [-0.25, -0.2) is 0 Å². The van der Waals surface area contributed by atoms with Crippen molar-refractivity contribution in [1.29, 1.82) is 0 Å². The third-order valence-corrected chi connectivity index (χ3v) is 2.92. The number of Topliss-reactive ketones (excluding diaryl/α,β-unsaturated/α-hetero) is 1. The quantitative estimate of drug-likeness (QED) is 0.865. The van der Waals surface area contributed by atoms with Gasteiger partial charge >= 0.3 is 0 Å². The van der Waals surface area contributed by atoms with Gasteiger partial charge in [-0.1, -0.05) is 12.1 Å². The molecule has 1 aromatic carbocycles. The monoisotopic (exact) mass is 270 g/mol. The molecule has 1 N–H and O–H groups in total. The zero-order valence-corrected chi connectivity index (χ0v) is 11.2. The molecule has 0 aliphatic carbocycles. The fourth-order valence-electron chi connectivity index (χ4n) is 1.78. The number of carbonyl (C=O) groups is 2. The number of hydrogen-bond acceptors (Lipinski definition) is 3. The van der Waals surface area contributed by atoms with E-state index in [1.165, 1.54) is 23.8 Å². The Kier molecular flexibility index (Phi) is 3.79. The zero-order valence-electron chi connectivity index (χ0n) is 11.2. The third-order valence-electron chi connectivity index (χ3n) is 2.92. The van der Waals surface area contributed by atoms with E-state index in [1.54, 1.807) is 37.4 Å². The zero-order chi connectivity index (χ0) is 14.7. The van der Waals surface area contributed by atoms with E-state index in [1.807, 2.05) is 0 Å². The number of pyridine rings is 1. The van der Waals surface area contributed by atoms with Crippen LogP contribution >= 0.6 is 0 Å². The van der Waals surface area contributed by atoms with Crippen LogP contribution in [0.3, 0.4) is 0 Å². The Morgan fingerprint density at radius 2 is 1.85 bits per heavy atom. The van der Waals surface area contributed by atoms with Gasteiger partial charge in [0, 0.05) is 30.4 Å². The molecule has 1 aromatic heterocycles. The fourth-order valence-corrected chi connectivity index (χ4v) is 1.78. The van der Waals surface area contributed by atoms with E-state index in [2.05, 4.69) is 5.32 Å². The minimum Gasteiger partial charge on any atom is -0.321 e. The van der Waals surface area contributed by atoms with Crippen molar-refractivity contribution in [2.75, 3.05) is 5.32 Å². The van der Waals surface area contributed by atoms with Crippen molar-refractivity contribution in [2.45, 2.75) is 6.92 Å². The van der Waals surface area contributed by atoms with Crippen molar-refractivity contribution in [3.63, 3.8) is 0 Å². The van der Waals surface area contributed by atoms with Gasteiger partial charge in [0.1, 0.15) is 0 Å². The number of nitrogens with one attached hydrogen (secondary N) is 1. The van der Waals surface area contributed by atoms with Crippen LogP contribution in [-0.4, -0.2) is 16.3 Å². The molecule has 2 rings (SSSR count).